The molecule has 22 heavy (non-hydrogen) atoms. The third kappa shape index (κ3) is 3.11. The molecule has 0 fully saturated rings. The summed E-state index contributed by atoms with van der Waals surface area (Å²) in [7, 11) is 0. The van der Waals surface area contributed by atoms with E-state index in [1.165, 1.54) is 0 Å². The van der Waals surface area contributed by atoms with Crippen molar-refractivity contribution in [3.05, 3.63) is 59.1 Å². The fraction of sp³-hybridized carbons (Fsp3) is 0.250. The van der Waals surface area contributed by atoms with Gasteiger partial charge in [0, 0.05) is 16.9 Å². The highest BCUT2D eigenvalue weighted by molar-refractivity contribution is 5.59. The van der Waals surface area contributed by atoms with Crippen molar-refractivity contribution in [2.24, 2.45) is 0 Å². The van der Waals surface area contributed by atoms with Crippen molar-refractivity contribution in [1.29, 1.82) is 0 Å². The number of nitrogens with zero attached hydrogens (tertiary/aromatic N) is 4. The topological polar surface area (TPSA) is 76.7 Å². The van der Waals surface area contributed by atoms with E-state index in [9.17, 15) is 0 Å². The molecule has 0 atom stereocenters. The number of anilines is 2. The Morgan fingerprint density at radius 2 is 1.82 bits per heavy atom. The van der Waals surface area contributed by atoms with E-state index in [0.29, 0.717) is 18.1 Å². The lowest BCUT2D eigenvalue weighted by atomic mass is 10.1. The van der Waals surface area contributed by atoms with Crippen LogP contribution in [-0.2, 0) is 6.42 Å². The summed E-state index contributed by atoms with van der Waals surface area (Å²) >= 11 is 0. The first-order valence-electron chi connectivity index (χ1n) is 7.05. The molecule has 0 unspecified atom stereocenters. The normalized spacial score (nSPS) is 10.7. The third-order valence-electron chi connectivity index (χ3n) is 3.48. The zero-order valence-electron chi connectivity index (χ0n) is 12.8. The van der Waals surface area contributed by atoms with Crippen LogP contribution in [0.4, 0.5) is 11.5 Å². The zero-order chi connectivity index (χ0) is 15.5. The second kappa shape index (κ2) is 5.93. The van der Waals surface area contributed by atoms with Crippen molar-refractivity contribution >= 4 is 11.5 Å². The van der Waals surface area contributed by atoms with E-state index in [-0.39, 0.29) is 0 Å². The molecule has 0 radical (unpaired) electrons. The predicted octanol–water partition coefficient (Wildman–Crippen LogP) is 3.12. The predicted molar refractivity (Wildman–Crippen MR) is 83.1 cm³/mol. The molecule has 0 saturated carbocycles. The van der Waals surface area contributed by atoms with Gasteiger partial charge in [-0.25, -0.2) is 9.97 Å². The molecule has 0 aliphatic rings. The summed E-state index contributed by atoms with van der Waals surface area (Å²) in [6.07, 6.45) is 2.20. The van der Waals surface area contributed by atoms with E-state index in [4.69, 9.17) is 4.52 Å². The van der Waals surface area contributed by atoms with Gasteiger partial charge in [-0.2, -0.15) is 4.98 Å². The van der Waals surface area contributed by atoms with Crippen LogP contribution in [-0.4, -0.2) is 20.1 Å². The Labute approximate surface area is 128 Å². The molecule has 0 aliphatic carbocycles. The maximum Gasteiger partial charge on any atom is 0.231 e. The van der Waals surface area contributed by atoms with E-state index in [1.54, 1.807) is 6.33 Å². The first kappa shape index (κ1) is 14.2. The van der Waals surface area contributed by atoms with Gasteiger partial charge >= 0.3 is 0 Å². The van der Waals surface area contributed by atoms with Crippen LogP contribution in [0.1, 0.15) is 28.5 Å². The lowest BCUT2D eigenvalue weighted by Gasteiger charge is -2.09. The maximum atomic E-state index is 5.13. The standard InChI is InChI=1S/C16H17N5O/c1-10-11(2)17-9-18-16(10)20-14-6-4-13(5-7-14)8-15-19-12(3)21-22-15/h4-7,9H,8H2,1-3H3,(H,17,18,20). The first-order chi connectivity index (χ1) is 10.6. The Morgan fingerprint density at radius 1 is 1.05 bits per heavy atom. The molecule has 3 rings (SSSR count). The minimum absolute atomic E-state index is 0.625. The van der Waals surface area contributed by atoms with Gasteiger partial charge in [0.1, 0.15) is 12.1 Å². The summed E-state index contributed by atoms with van der Waals surface area (Å²) in [4.78, 5) is 12.6. The summed E-state index contributed by atoms with van der Waals surface area (Å²) < 4.78 is 5.13. The summed E-state index contributed by atoms with van der Waals surface area (Å²) in [5.41, 5.74) is 4.12. The highest BCUT2D eigenvalue weighted by Gasteiger charge is 2.06. The SMILES string of the molecule is Cc1noc(Cc2ccc(Nc3ncnc(C)c3C)cc2)n1. The van der Waals surface area contributed by atoms with Crippen molar-refractivity contribution in [3.63, 3.8) is 0 Å². The second-order valence-electron chi connectivity index (χ2n) is 5.17. The van der Waals surface area contributed by atoms with E-state index in [0.717, 1.165) is 28.3 Å². The van der Waals surface area contributed by atoms with Crippen LogP contribution in [0, 0.1) is 20.8 Å². The van der Waals surface area contributed by atoms with E-state index in [1.807, 2.05) is 45.0 Å². The fourth-order valence-corrected chi connectivity index (χ4v) is 2.09. The molecular weight excluding hydrogens is 278 g/mol. The molecule has 1 N–H and O–H groups in total. The van der Waals surface area contributed by atoms with Gasteiger partial charge in [-0.1, -0.05) is 17.3 Å². The number of rotatable bonds is 4. The summed E-state index contributed by atoms with van der Waals surface area (Å²) in [5.74, 6) is 2.11. The van der Waals surface area contributed by atoms with Crippen molar-refractivity contribution in [1.82, 2.24) is 20.1 Å². The second-order valence-corrected chi connectivity index (χ2v) is 5.17. The number of aryl methyl sites for hydroxylation is 2. The number of benzene rings is 1. The summed E-state index contributed by atoms with van der Waals surface area (Å²) in [6.45, 7) is 5.79. The number of hydrogen-bond donors (Lipinski definition) is 1. The Morgan fingerprint density at radius 3 is 2.50 bits per heavy atom. The molecule has 0 aliphatic heterocycles. The smallest absolute Gasteiger partial charge is 0.231 e. The highest BCUT2D eigenvalue weighted by atomic mass is 16.5. The molecule has 2 aromatic heterocycles. The molecule has 6 nitrogen and oxygen atoms in total. The van der Waals surface area contributed by atoms with Gasteiger partial charge in [0.25, 0.3) is 0 Å². The molecule has 0 amide bonds. The molecule has 0 spiro atoms. The van der Waals surface area contributed by atoms with Crippen LogP contribution >= 0.6 is 0 Å². The lowest BCUT2D eigenvalue weighted by Crippen LogP contribution is -2.00. The Kier molecular flexibility index (Phi) is 3.82. The molecule has 0 saturated heterocycles. The van der Waals surface area contributed by atoms with E-state index >= 15 is 0 Å². The minimum Gasteiger partial charge on any atom is -0.340 e. The van der Waals surface area contributed by atoms with Crippen LogP contribution < -0.4 is 5.32 Å². The van der Waals surface area contributed by atoms with Crippen molar-refractivity contribution in [3.8, 4) is 0 Å². The van der Waals surface area contributed by atoms with Crippen molar-refractivity contribution in [2.45, 2.75) is 27.2 Å². The average molecular weight is 295 g/mol. The maximum absolute atomic E-state index is 5.13. The third-order valence-corrected chi connectivity index (χ3v) is 3.48. The van der Waals surface area contributed by atoms with Crippen LogP contribution in [0.5, 0.6) is 0 Å². The summed E-state index contributed by atoms with van der Waals surface area (Å²) in [6, 6.07) is 8.08. The monoisotopic (exact) mass is 295 g/mol. The van der Waals surface area contributed by atoms with Crippen LogP contribution in [0.2, 0.25) is 0 Å². The van der Waals surface area contributed by atoms with Crippen LogP contribution in [0.25, 0.3) is 0 Å². The Hall–Kier alpha value is -2.76. The quantitative estimate of drug-likeness (QED) is 0.797. The van der Waals surface area contributed by atoms with Crippen LogP contribution in [0.3, 0.4) is 0 Å². The van der Waals surface area contributed by atoms with Crippen LogP contribution in [0.15, 0.2) is 35.1 Å². The van der Waals surface area contributed by atoms with E-state index in [2.05, 4.69) is 25.4 Å². The van der Waals surface area contributed by atoms with Gasteiger partial charge in [0.15, 0.2) is 5.82 Å². The fourth-order valence-electron chi connectivity index (χ4n) is 2.09. The minimum atomic E-state index is 0.625. The molecule has 6 heteroatoms. The summed E-state index contributed by atoms with van der Waals surface area (Å²) in [5, 5.41) is 7.10. The zero-order valence-corrected chi connectivity index (χ0v) is 12.8. The molecular formula is C16H17N5O. The molecule has 3 aromatic rings. The number of hydrogen-bond acceptors (Lipinski definition) is 6. The van der Waals surface area contributed by atoms with Gasteiger partial charge < -0.3 is 9.84 Å². The van der Waals surface area contributed by atoms with Crippen molar-refractivity contribution in [2.75, 3.05) is 5.32 Å². The number of nitrogens with one attached hydrogen (secondary N) is 1. The van der Waals surface area contributed by atoms with Gasteiger partial charge in [0.05, 0.1) is 6.42 Å². The largest absolute Gasteiger partial charge is 0.340 e. The molecule has 112 valence electrons. The Bertz CT molecular complexity index is 779. The van der Waals surface area contributed by atoms with Gasteiger partial charge in [-0.05, 0) is 38.5 Å². The average Bonchev–Trinajstić information content (AvgIpc) is 2.91. The highest BCUT2D eigenvalue weighted by Crippen LogP contribution is 2.20. The van der Waals surface area contributed by atoms with Gasteiger partial charge in [0.2, 0.25) is 5.89 Å². The van der Waals surface area contributed by atoms with Gasteiger partial charge in [-0.3, -0.25) is 0 Å². The molecule has 1 aromatic carbocycles. The molecule has 0 bridgehead atoms. The Balaban J connectivity index is 1.72. The van der Waals surface area contributed by atoms with Gasteiger partial charge in [-0.15, -0.1) is 0 Å². The first-order valence-corrected chi connectivity index (χ1v) is 7.05. The molecule has 2 heterocycles. The lowest BCUT2D eigenvalue weighted by molar-refractivity contribution is 0.381. The van der Waals surface area contributed by atoms with Crippen molar-refractivity contribution < 1.29 is 4.52 Å². The van der Waals surface area contributed by atoms with E-state index < -0.39 is 0 Å². The number of aromatic nitrogens is 4.